The molecule has 0 N–H and O–H groups in total. The molecule has 0 heterocycles. The van der Waals surface area contributed by atoms with Crippen LogP contribution in [0.4, 0.5) is 0 Å². The zero-order valence-corrected chi connectivity index (χ0v) is 16.5. The maximum atomic E-state index is 12.0. The molecule has 0 aliphatic heterocycles. The molecule has 0 saturated heterocycles. The quantitative estimate of drug-likeness (QED) is 0.220. The molecule has 0 saturated carbocycles. The average molecular weight is 411 g/mol. The van der Waals surface area contributed by atoms with Gasteiger partial charge in [-0.2, -0.15) is 16.8 Å². The summed E-state index contributed by atoms with van der Waals surface area (Å²) in [6.07, 6.45) is 0.694. The fraction of sp³-hybridized carbons (Fsp3) is 0.500. The molecule has 1 aliphatic rings. The first kappa shape index (κ1) is 20.7. The van der Waals surface area contributed by atoms with Gasteiger partial charge in [-0.05, 0) is 12.2 Å². The standard InChI is InChI=1S/C8H11NO8S3.Zn/c1-16-19(12,13)8(20(14,15)17-2)4-3-7(18)6(5-8)9(10)11;/h3-4,18H,5H2,1-2H3;. The molecule has 0 bridgehead atoms. The molecule has 0 aromatic heterocycles. The molecule has 9 nitrogen and oxygen atoms in total. The topological polar surface area (TPSA) is 130 Å². The molecule has 0 atom stereocenters. The molecular weight excluding hydrogens is 400 g/mol. The van der Waals surface area contributed by atoms with Crippen molar-refractivity contribution >= 4 is 32.9 Å². The van der Waals surface area contributed by atoms with Crippen molar-refractivity contribution in [3.05, 3.63) is 32.9 Å². The van der Waals surface area contributed by atoms with E-state index in [1.165, 1.54) is 0 Å². The largest absolute Gasteiger partial charge is 0.294 e. The molecule has 0 amide bonds. The Morgan fingerprint density at radius 1 is 1.24 bits per heavy atom. The van der Waals surface area contributed by atoms with Crippen molar-refractivity contribution in [2.75, 3.05) is 14.2 Å². The van der Waals surface area contributed by atoms with Crippen LogP contribution in [0.25, 0.3) is 0 Å². The Morgan fingerprint density at radius 3 is 2.00 bits per heavy atom. The van der Waals surface area contributed by atoms with Gasteiger partial charge < -0.3 is 0 Å². The van der Waals surface area contributed by atoms with Crippen LogP contribution in [0.5, 0.6) is 0 Å². The van der Waals surface area contributed by atoms with Crippen molar-refractivity contribution in [1.29, 1.82) is 0 Å². The monoisotopic (exact) mass is 409 g/mol. The second-order valence-electron chi connectivity index (χ2n) is 3.65. The van der Waals surface area contributed by atoms with Crippen molar-refractivity contribution in [3.63, 3.8) is 0 Å². The summed E-state index contributed by atoms with van der Waals surface area (Å²) in [7, 11) is -7.93. The normalized spacial score (nSPS) is 18.2. The van der Waals surface area contributed by atoms with Gasteiger partial charge in [0.25, 0.3) is 30.0 Å². The first-order valence-corrected chi connectivity index (χ1v) is 8.17. The Kier molecular flexibility index (Phi) is 6.73. The van der Waals surface area contributed by atoms with E-state index in [1.54, 1.807) is 0 Å². The molecule has 0 aromatic rings. The van der Waals surface area contributed by atoms with E-state index in [1.807, 2.05) is 0 Å². The van der Waals surface area contributed by atoms with Crippen molar-refractivity contribution < 1.29 is 49.6 Å². The van der Waals surface area contributed by atoms with Gasteiger partial charge in [-0.3, -0.25) is 18.5 Å². The zero-order valence-electron chi connectivity index (χ0n) is 11.0. The van der Waals surface area contributed by atoms with Gasteiger partial charge in [-0.1, -0.05) is 0 Å². The summed E-state index contributed by atoms with van der Waals surface area (Å²) in [5.74, 6) is 0. The Balaban J connectivity index is 0.00000400. The van der Waals surface area contributed by atoms with Crippen LogP contribution in [-0.2, 0) is 48.1 Å². The Labute approximate surface area is 139 Å². The predicted octanol–water partition coefficient (Wildman–Crippen LogP) is 0.0106. The number of nitrogens with zero attached hydrogens (tertiary/aromatic N) is 1. The van der Waals surface area contributed by atoms with E-state index >= 15 is 0 Å². The van der Waals surface area contributed by atoms with E-state index in [-0.39, 0.29) is 24.4 Å². The van der Waals surface area contributed by atoms with Crippen LogP contribution in [-0.4, -0.2) is 40.1 Å². The summed E-state index contributed by atoms with van der Waals surface area (Å²) >= 11 is 3.80. The molecule has 21 heavy (non-hydrogen) atoms. The Morgan fingerprint density at radius 2 is 1.67 bits per heavy atom. The summed E-state index contributed by atoms with van der Waals surface area (Å²) in [5, 5.41) is 10.9. The average Bonchev–Trinajstić information content (AvgIpc) is 2.38. The van der Waals surface area contributed by atoms with E-state index in [4.69, 9.17) is 0 Å². The van der Waals surface area contributed by atoms with E-state index < -0.39 is 41.4 Å². The maximum absolute atomic E-state index is 12.0. The molecule has 0 radical (unpaired) electrons. The van der Waals surface area contributed by atoms with Gasteiger partial charge in [0.2, 0.25) is 0 Å². The van der Waals surface area contributed by atoms with Crippen LogP contribution >= 0.6 is 12.6 Å². The fourth-order valence-corrected chi connectivity index (χ4v) is 4.90. The summed E-state index contributed by atoms with van der Waals surface area (Å²) < 4.78 is 53.5. The van der Waals surface area contributed by atoms with Crippen molar-refractivity contribution in [2.24, 2.45) is 0 Å². The van der Waals surface area contributed by atoms with Crippen LogP contribution < -0.4 is 0 Å². The third-order valence-electron chi connectivity index (χ3n) is 2.71. The minimum atomic E-state index is -4.71. The maximum Gasteiger partial charge on any atom is 0.294 e. The molecule has 0 unspecified atom stereocenters. The molecule has 1 aliphatic carbocycles. The second-order valence-corrected chi connectivity index (χ2v) is 8.33. The first-order valence-electron chi connectivity index (χ1n) is 4.90. The van der Waals surface area contributed by atoms with E-state index in [0.717, 1.165) is 26.4 Å². The number of hydrogen-bond acceptors (Lipinski definition) is 9. The van der Waals surface area contributed by atoms with Crippen molar-refractivity contribution in [2.45, 2.75) is 10.5 Å². The van der Waals surface area contributed by atoms with Crippen LogP contribution in [0.3, 0.4) is 0 Å². The Hall–Kier alpha value is -0.327. The third-order valence-corrected chi connectivity index (χ3v) is 7.47. The first-order chi connectivity index (χ1) is 9.04. The summed E-state index contributed by atoms with van der Waals surface area (Å²) in [5.41, 5.74) is -0.669. The van der Waals surface area contributed by atoms with Gasteiger partial charge in [0.05, 0.1) is 30.5 Å². The van der Waals surface area contributed by atoms with Crippen LogP contribution in [0.15, 0.2) is 22.8 Å². The summed E-state index contributed by atoms with van der Waals surface area (Å²) in [6, 6.07) is 0. The second kappa shape index (κ2) is 6.84. The Bertz CT molecular complexity index is 659. The van der Waals surface area contributed by atoms with Crippen LogP contribution in [0.1, 0.15) is 6.42 Å². The van der Waals surface area contributed by atoms with Crippen LogP contribution in [0, 0.1) is 10.1 Å². The summed E-state index contributed by atoms with van der Waals surface area (Å²) in [4.78, 5) is 9.82. The number of hydrogen-bond donors (Lipinski definition) is 1. The minimum absolute atomic E-state index is 0. The number of thiol groups is 1. The zero-order chi connectivity index (χ0) is 15.8. The molecule has 0 spiro atoms. The van der Waals surface area contributed by atoms with Gasteiger partial charge in [0.1, 0.15) is 0 Å². The van der Waals surface area contributed by atoms with Gasteiger partial charge >= 0.3 is 0 Å². The number of allylic oxidation sites excluding steroid dienone is 2. The molecule has 0 aromatic carbocycles. The molecule has 13 heteroatoms. The van der Waals surface area contributed by atoms with Gasteiger partial charge in [-0.15, -0.1) is 12.6 Å². The number of nitro groups is 1. The van der Waals surface area contributed by atoms with E-state index in [0.29, 0.717) is 0 Å². The summed E-state index contributed by atoms with van der Waals surface area (Å²) in [6.45, 7) is 0. The van der Waals surface area contributed by atoms with Crippen molar-refractivity contribution in [3.8, 4) is 0 Å². The molecule has 1 rings (SSSR count). The molecular formula is C8H11NO8S3Zn. The minimum Gasteiger partial charge on any atom is -0.272 e. The SMILES string of the molecule is COS(=O)(=O)C1(S(=O)(=O)OC)C=CC(S)=C([N+](=O)[O-])C1.[Zn]. The van der Waals surface area contributed by atoms with Crippen molar-refractivity contribution in [1.82, 2.24) is 0 Å². The van der Waals surface area contributed by atoms with Gasteiger partial charge in [-0.25, -0.2) is 0 Å². The fourth-order valence-electron chi connectivity index (χ4n) is 1.59. The third kappa shape index (κ3) is 3.37. The van der Waals surface area contributed by atoms with Gasteiger partial charge in [0.15, 0.2) is 0 Å². The molecule has 116 valence electrons. The smallest absolute Gasteiger partial charge is 0.272 e. The van der Waals surface area contributed by atoms with E-state index in [2.05, 4.69) is 21.0 Å². The molecule has 0 fully saturated rings. The van der Waals surface area contributed by atoms with E-state index in [9.17, 15) is 26.9 Å². The van der Waals surface area contributed by atoms with Gasteiger partial charge in [0, 0.05) is 19.5 Å². The number of rotatable bonds is 5. The van der Waals surface area contributed by atoms with Crippen LogP contribution in [0.2, 0.25) is 0 Å². The predicted molar refractivity (Wildman–Crippen MR) is 71.4 cm³/mol.